The van der Waals surface area contributed by atoms with Crippen molar-refractivity contribution < 1.29 is 4.84 Å². The third-order valence-electron chi connectivity index (χ3n) is 4.53. The summed E-state index contributed by atoms with van der Waals surface area (Å²) in [6, 6.07) is 8.73. The van der Waals surface area contributed by atoms with Gasteiger partial charge in [0.15, 0.2) is 0 Å². The highest BCUT2D eigenvalue weighted by Gasteiger charge is 2.30. The first kappa shape index (κ1) is 14.5. The standard InChI is InChI=1S/C17H25N3O/c1-3-19(4-2)13-20-12-18-17(21-20)16-11-7-9-14-8-5-6-10-15(14)16/h5-6,8,10,16H,3-4,7,9,11-13H2,1-2H3. The Labute approximate surface area is 127 Å². The van der Waals surface area contributed by atoms with E-state index < -0.39 is 0 Å². The van der Waals surface area contributed by atoms with E-state index >= 15 is 0 Å². The molecular formula is C17H25N3O. The molecule has 0 N–H and O–H groups in total. The van der Waals surface area contributed by atoms with Gasteiger partial charge in [-0.1, -0.05) is 38.1 Å². The molecule has 21 heavy (non-hydrogen) atoms. The molecule has 4 nitrogen and oxygen atoms in total. The predicted octanol–water partition coefficient (Wildman–Crippen LogP) is 3.01. The molecule has 1 aliphatic carbocycles. The van der Waals surface area contributed by atoms with Crippen LogP contribution in [-0.2, 0) is 11.3 Å². The van der Waals surface area contributed by atoms with Crippen molar-refractivity contribution in [2.24, 2.45) is 4.99 Å². The SMILES string of the molecule is CCN(CC)CN1CN=C(C2CCCc3ccccc32)O1. The molecule has 1 unspecified atom stereocenters. The Bertz CT molecular complexity index is 511. The van der Waals surface area contributed by atoms with E-state index in [-0.39, 0.29) is 0 Å². The summed E-state index contributed by atoms with van der Waals surface area (Å²) in [6.07, 6.45) is 3.55. The Hall–Kier alpha value is -1.39. The summed E-state index contributed by atoms with van der Waals surface area (Å²) >= 11 is 0. The minimum Gasteiger partial charge on any atom is -0.387 e. The molecule has 0 saturated carbocycles. The zero-order valence-electron chi connectivity index (χ0n) is 13.1. The molecule has 4 heteroatoms. The van der Waals surface area contributed by atoms with Crippen LogP contribution >= 0.6 is 0 Å². The van der Waals surface area contributed by atoms with Gasteiger partial charge < -0.3 is 4.84 Å². The largest absolute Gasteiger partial charge is 0.387 e. The monoisotopic (exact) mass is 287 g/mol. The van der Waals surface area contributed by atoms with E-state index in [9.17, 15) is 0 Å². The van der Waals surface area contributed by atoms with Crippen LogP contribution in [0.4, 0.5) is 0 Å². The molecule has 3 rings (SSSR count). The van der Waals surface area contributed by atoms with Crippen molar-refractivity contribution in [2.75, 3.05) is 26.4 Å². The normalized spacial score (nSPS) is 22.0. The maximum atomic E-state index is 6.03. The topological polar surface area (TPSA) is 28.1 Å². The molecule has 1 aliphatic heterocycles. The Morgan fingerprint density at radius 3 is 2.90 bits per heavy atom. The zero-order chi connectivity index (χ0) is 14.7. The van der Waals surface area contributed by atoms with E-state index in [0.29, 0.717) is 12.6 Å². The number of benzene rings is 1. The fourth-order valence-corrected chi connectivity index (χ4v) is 3.24. The van der Waals surface area contributed by atoms with Crippen molar-refractivity contribution in [1.82, 2.24) is 9.96 Å². The molecule has 0 spiro atoms. The van der Waals surface area contributed by atoms with Gasteiger partial charge in [-0.2, -0.15) is 0 Å². The smallest absolute Gasteiger partial charge is 0.218 e. The molecule has 1 aromatic carbocycles. The van der Waals surface area contributed by atoms with E-state index in [1.807, 2.05) is 5.06 Å². The highest BCUT2D eigenvalue weighted by Crippen LogP contribution is 2.34. The first-order chi connectivity index (χ1) is 10.3. The van der Waals surface area contributed by atoms with Gasteiger partial charge in [0.25, 0.3) is 0 Å². The first-order valence-corrected chi connectivity index (χ1v) is 8.09. The van der Waals surface area contributed by atoms with Gasteiger partial charge in [-0.05, 0) is 43.5 Å². The van der Waals surface area contributed by atoms with Crippen molar-refractivity contribution >= 4 is 5.90 Å². The molecule has 1 heterocycles. The van der Waals surface area contributed by atoms with E-state index in [4.69, 9.17) is 4.84 Å². The maximum Gasteiger partial charge on any atom is 0.218 e. The van der Waals surface area contributed by atoms with Crippen molar-refractivity contribution in [3.8, 4) is 0 Å². The molecule has 0 fully saturated rings. The lowest BCUT2D eigenvalue weighted by Crippen LogP contribution is -2.37. The number of hydrogen-bond acceptors (Lipinski definition) is 4. The highest BCUT2D eigenvalue weighted by atomic mass is 16.7. The third-order valence-corrected chi connectivity index (χ3v) is 4.53. The van der Waals surface area contributed by atoms with Gasteiger partial charge in [0.05, 0.1) is 12.6 Å². The number of aliphatic imine (C=N–C) groups is 1. The molecule has 1 atom stereocenters. The Balaban J connectivity index is 1.67. The van der Waals surface area contributed by atoms with Gasteiger partial charge in [-0.3, -0.25) is 4.90 Å². The molecule has 0 aromatic heterocycles. The molecule has 2 aliphatic rings. The quantitative estimate of drug-likeness (QED) is 0.833. The fourth-order valence-electron chi connectivity index (χ4n) is 3.24. The van der Waals surface area contributed by atoms with Crippen LogP contribution < -0.4 is 0 Å². The molecule has 0 amide bonds. The van der Waals surface area contributed by atoms with Crippen LogP contribution in [0.5, 0.6) is 0 Å². The lowest BCUT2D eigenvalue weighted by Gasteiger charge is -2.27. The van der Waals surface area contributed by atoms with E-state index in [0.717, 1.165) is 32.1 Å². The summed E-state index contributed by atoms with van der Waals surface area (Å²) < 4.78 is 0. The third kappa shape index (κ3) is 3.11. The molecule has 0 saturated heterocycles. The summed E-state index contributed by atoms with van der Waals surface area (Å²) in [5.74, 6) is 1.26. The van der Waals surface area contributed by atoms with Crippen LogP contribution in [0, 0.1) is 0 Å². The number of hydroxylamine groups is 2. The van der Waals surface area contributed by atoms with Crippen molar-refractivity contribution in [2.45, 2.75) is 39.0 Å². The maximum absolute atomic E-state index is 6.03. The molecule has 0 radical (unpaired) electrons. The summed E-state index contributed by atoms with van der Waals surface area (Å²) in [7, 11) is 0. The van der Waals surface area contributed by atoms with Gasteiger partial charge in [0.1, 0.15) is 6.67 Å². The van der Waals surface area contributed by atoms with Crippen LogP contribution in [0.15, 0.2) is 29.3 Å². The number of aryl methyl sites for hydroxylation is 1. The Morgan fingerprint density at radius 2 is 2.10 bits per heavy atom. The second-order valence-corrected chi connectivity index (χ2v) is 5.80. The predicted molar refractivity (Wildman–Crippen MR) is 85.1 cm³/mol. The highest BCUT2D eigenvalue weighted by molar-refractivity contribution is 5.85. The second kappa shape index (κ2) is 6.58. The summed E-state index contributed by atoms with van der Waals surface area (Å²) in [4.78, 5) is 13.0. The minimum atomic E-state index is 0.344. The average Bonchev–Trinajstić information content (AvgIpc) is 3.00. The van der Waals surface area contributed by atoms with Crippen molar-refractivity contribution in [1.29, 1.82) is 0 Å². The zero-order valence-corrected chi connectivity index (χ0v) is 13.1. The van der Waals surface area contributed by atoms with Crippen LogP contribution in [0.3, 0.4) is 0 Å². The fraction of sp³-hybridized carbons (Fsp3) is 0.588. The van der Waals surface area contributed by atoms with Crippen LogP contribution in [-0.4, -0.2) is 42.3 Å². The summed E-state index contributed by atoms with van der Waals surface area (Å²) in [5.41, 5.74) is 2.87. The first-order valence-electron chi connectivity index (χ1n) is 8.09. The molecular weight excluding hydrogens is 262 g/mol. The van der Waals surface area contributed by atoms with Gasteiger partial charge in [0, 0.05) is 0 Å². The van der Waals surface area contributed by atoms with E-state index in [2.05, 4.69) is 48.0 Å². The van der Waals surface area contributed by atoms with Gasteiger partial charge in [0.2, 0.25) is 5.90 Å². The van der Waals surface area contributed by atoms with Gasteiger partial charge >= 0.3 is 0 Å². The second-order valence-electron chi connectivity index (χ2n) is 5.80. The number of rotatable bonds is 5. The lowest BCUT2D eigenvalue weighted by molar-refractivity contribution is -0.0892. The minimum absolute atomic E-state index is 0.344. The van der Waals surface area contributed by atoms with Crippen LogP contribution in [0.2, 0.25) is 0 Å². The number of nitrogens with zero attached hydrogens (tertiary/aromatic N) is 3. The van der Waals surface area contributed by atoms with E-state index in [1.54, 1.807) is 0 Å². The summed E-state index contributed by atoms with van der Waals surface area (Å²) in [6.45, 7) is 7.92. The molecule has 114 valence electrons. The Kier molecular flexibility index (Phi) is 4.56. The van der Waals surface area contributed by atoms with Crippen molar-refractivity contribution in [3.63, 3.8) is 0 Å². The van der Waals surface area contributed by atoms with E-state index in [1.165, 1.54) is 24.0 Å². The Morgan fingerprint density at radius 1 is 1.29 bits per heavy atom. The molecule has 0 bridgehead atoms. The lowest BCUT2D eigenvalue weighted by atomic mass is 9.83. The van der Waals surface area contributed by atoms with Crippen molar-refractivity contribution in [3.05, 3.63) is 35.4 Å². The van der Waals surface area contributed by atoms with Crippen LogP contribution in [0.1, 0.15) is 43.7 Å². The van der Waals surface area contributed by atoms with Gasteiger partial charge in [-0.25, -0.2) is 4.99 Å². The number of hydrogen-bond donors (Lipinski definition) is 0. The van der Waals surface area contributed by atoms with Crippen LogP contribution in [0.25, 0.3) is 0 Å². The number of fused-ring (bicyclic) bond motifs is 1. The summed E-state index contributed by atoms with van der Waals surface area (Å²) in [5, 5.41) is 1.97. The van der Waals surface area contributed by atoms with Gasteiger partial charge in [-0.15, -0.1) is 5.06 Å². The average molecular weight is 287 g/mol. The molecule has 1 aromatic rings.